The zero-order valence-corrected chi connectivity index (χ0v) is 10.3. The molecule has 94 valence electrons. The van der Waals surface area contributed by atoms with Gasteiger partial charge >= 0.3 is 0 Å². The summed E-state index contributed by atoms with van der Waals surface area (Å²) in [6, 6.07) is 3.84. The van der Waals surface area contributed by atoms with Gasteiger partial charge in [-0.15, -0.1) is 12.4 Å². The van der Waals surface area contributed by atoms with Crippen LogP contribution >= 0.6 is 12.4 Å². The minimum absolute atomic E-state index is 0. The van der Waals surface area contributed by atoms with Crippen molar-refractivity contribution in [1.82, 2.24) is 4.98 Å². The van der Waals surface area contributed by atoms with Crippen LogP contribution in [0.1, 0.15) is 23.2 Å². The Kier molecular flexibility index (Phi) is 4.72. The summed E-state index contributed by atoms with van der Waals surface area (Å²) in [6.07, 6.45) is 3.49. The number of hydrogen-bond acceptors (Lipinski definition) is 4. The minimum Gasteiger partial charge on any atom is -0.366 e. The fourth-order valence-corrected chi connectivity index (χ4v) is 1.85. The molecule has 0 saturated carbocycles. The molecule has 2 heterocycles. The van der Waals surface area contributed by atoms with Crippen LogP contribution < -0.4 is 16.4 Å². The summed E-state index contributed by atoms with van der Waals surface area (Å²) in [4.78, 5) is 17.3. The zero-order valence-electron chi connectivity index (χ0n) is 9.50. The highest BCUT2D eigenvalue weighted by Crippen LogP contribution is 2.16. The number of anilines is 1. The third kappa shape index (κ3) is 3.31. The monoisotopic (exact) mass is 256 g/mol. The number of nitrogens with two attached hydrogens (primary N) is 2. The largest absolute Gasteiger partial charge is 0.366 e. The van der Waals surface area contributed by atoms with E-state index in [0.29, 0.717) is 11.6 Å². The van der Waals surface area contributed by atoms with E-state index >= 15 is 0 Å². The van der Waals surface area contributed by atoms with Gasteiger partial charge in [-0.2, -0.15) is 0 Å². The predicted molar refractivity (Wildman–Crippen MR) is 69.4 cm³/mol. The molecule has 1 fully saturated rings. The Morgan fingerprint density at radius 3 is 2.47 bits per heavy atom. The lowest BCUT2D eigenvalue weighted by Gasteiger charge is -2.31. The normalized spacial score (nSPS) is 16.4. The summed E-state index contributed by atoms with van der Waals surface area (Å²) in [5, 5.41) is 0. The second-order valence-corrected chi connectivity index (χ2v) is 4.09. The number of carbonyl (C=O) groups is 1. The molecule has 4 N–H and O–H groups in total. The van der Waals surface area contributed by atoms with Gasteiger partial charge in [0.1, 0.15) is 5.82 Å². The molecule has 0 atom stereocenters. The SMILES string of the molecule is Cl.NC(=O)c1ccc(N2CCC(N)CC2)nc1. The fraction of sp³-hybridized carbons (Fsp3) is 0.455. The van der Waals surface area contributed by atoms with Gasteiger partial charge in [-0.3, -0.25) is 4.79 Å². The smallest absolute Gasteiger partial charge is 0.250 e. The second kappa shape index (κ2) is 5.84. The van der Waals surface area contributed by atoms with Crippen LogP contribution in [0.2, 0.25) is 0 Å². The molecule has 1 aromatic rings. The van der Waals surface area contributed by atoms with E-state index in [0.717, 1.165) is 31.7 Å². The Bertz CT molecular complexity index is 374. The van der Waals surface area contributed by atoms with Gasteiger partial charge in [0.2, 0.25) is 5.91 Å². The maximum atomic E-state index is 10.9. The van der Waals surface area contributed by atoms with Crippen LogP contribution in [0.15, 0.2) is 18.3 Å². The summed E-state index contributed by atoms with van der Waals surface area (Å²) in [5.41, 5.74) is 11.4. The average molecular weight is 257 g/mol. The van der Waals surface area contributed by atoms with Gasteiger partial charge < -0.3 is 16.4 Å². The molecule has 17 heavy (non-hydrogen) atoms. The number of primary amides is 1. The topological polar surface area (TPSA) is 85.2 Å². The molecule has 6 heteroatoms. The van der Waals surface area contributed by atoms with Crippen molar-refractivity contribution in [2.45, 2.75) is 18.9 Å². The van der Waals surface area contributed by atoms with Crippen LogP contribution in [0.3, 0.4) is 0 Å². The summed E-state index contributed by atoms with van der Waals surface area (Å²) in [6.45, 7) is 1.84. The van der Waals surface area contributed by atoms with E-state index in [9.17, 15) is 4.79 Å². The lowest BCUT2D eigenvalue weighted by molar-refractivity contribution is 0.1000. The Morgan fingerprint density at radius 2 is 2.00 bits per heavy atom. The first-order valence-corrected chi connectivity index (χ1v) is 5.43. The molecule has 0 radical (unpaired) electrons. The Balaban J connectivity index is 0.00000144. The van der Waals surface area contributed by atoms with E-state index < -0.39 is 5.91 Å². The van der Waals surface area contributed by atoms with Gasteiger partial charge in [-0.1, -0.05) is 0 Å². The first-order valence-electron chi connectivity index (χ1n) is 5.43. The first kappa shape index (κ1) is 13.7. The molecule has 1 saturated heterocycles. The van der Waals surface area contributed by atoms with E-state index in [1.165, 1.54) is 6.20 Å². The molecule has 0 aromatic carbocycles. The summed E-state index contributed by atoms with van der Waals surface area (Å²) in [7, 11) is 0. The van der Waals surface area contributed by atoms with Crippen LogP contribution in [-0.4, -0.2) is 30.0 Å². The summed E-state index contributed by atoms with van der Waals surface area (Å²) in [5.74, 6) is 0.441. The molecular formula is C11H17ClN4O. The molecule has 5 nitrogen and oxygen atoms in total. The molecule has 0 unspecified atom stereocenters. The molecule has 2 rings (SSSR count). The maximum absolute atomic E-state index is 10.9. The highest BCUT2D eigenvalue weighted by Gasteiger charge is 2.17. The van der Waals surface area contributed by atoms with Crippen molar-refractivity contribution in [2.75, 3.05) is 18.0 Å². The van der Waals surface area contributed by atoms with Crippen molar-refractivity contribution in [3.8, 4) is 0 Å². The van der Waals surface area contributed by atoms with Crippen molar-refractivity contribution in [3.63, 3.8) is 0 Å². The number of carbonyl (C=O) groups excluding carboxylic acids is 1. The van der Waals surface area contributed by atoms with Crippen LogP contribution in [0.5, 0.6) is 0 Å². The molecule has 1 aliphatic heterocycles. The maximum Gasteiger partial charge on any atom is 0.250 e. The Hall–Kier alpha value is -1.33. The molecule has 0 spiro atoms. The molecule has 0 bridgehead atoms. The van der Waals surface area contributed by atoms with Gasteiger partial charge in [-0.25, -0.2) is 4.98 Å². The van der Waals surface area contributed by atoms with Crippen molar-refractivity contribution < 1.29 is 4.79 Å². The van der Waals surface area contributed by atoms with Crippen molar-refractivity contribution in [3.05, 3.63) is 23.9 Å². The second-order valence-electron chi connectivity index (χ2n) is 4.09. The van der Waals surface area contributed by atoms with Crippen molar-refractivity contribution in [1.29, 1.82) is 0 Å². The number of rotatable bonds is 2. The molecular weight excluding hydrogens is 240 g/mol. The van der Waals surface area contributed by atoms with Crippen molar-refractivity contribution in [2.24, 2.45) is 11.5 Å². The number of piperidine rings is 1. The number of aromatic nitrogens is 1. The van der Waals surface area contributed by atoms with Crippen LogP contribution in [-0.2, 0) is 0 Å². The lowest BCUT2D eigenvalue weighted by atomic mass is 10.1. The van der Waals surface area contributed by atoms with E-state index in [2.05, 4.69) is 9.88 Å². The number of amides is 1. The molecule has 0 aliphatic carbocycles. The number of halogens is 1. The van der Waals surface area contributed by atoms with Gasteiger partial charge in [-0.05, 0) is 25.0 Å². The minimum atomic E-state index is -0.445. The highest BCUT2D eigenvalue weighted by molar-refractivity contribution is 5.92. The average Bonchev–Trinajstić information content (AvgIpc) is 2.30. The fourth-order valence-electron chi connectivity index (χ4n) is 1.85. The Morgan fingerprint density at radius 1 is 1.35 bits per heavy atom. The van der Waals surface area contributed by atoms with Crippen LogP contribution in [0.25, 0.3) is 0 Å². The molecule has 1 amide bonds. The summed E-state index contributed by atoms with van der Waals surface area (Å²) >= 11 is 0. The first-order chi connectivity index (χ1) is 7.66. The van der Waals surface area contributed by atoms with Gasteiger partial charge in [0.05, 0.1) is 5.56 Å². The summed E-state index contributed by atoms with van der Waals surface area (Å²) < 4.78 is 0. The van der Waals surface area contributed by atoms with Gasteiger partial charge in [0.15, 0.2) is 0 Å². The zero-order chi connectivity index (χ0) is 11.5. The third-order valence-electron chi connectivity index (χ3n) is 2.90. The van der Waals surface area contributed by atoms with Crippen LogP contribution in [0.4, 0.5) is 5.82 Å². The van der Waals surface area contributed by atoms with Gasteiger partial charge in [0.25, 0.3) is 0 Å². The third-order valence-corrected chi connectivity index (χ3v) is 2.90. The van der Waals surface area contributed by atoms with E-state index in [1.807, 2.05) is 6.07 Å². The standard InChI is InChI=1S/C11H16N4O.ClH/c12-9-3-5-15(6-4-9)10-2-1-8(7-14-10)11(13)16;/h1-2,7,9H,3-6,12H2,(H2,13,16);1H. The highest BCUT2D eigenvalue weighted by atomic mass is 35.5. The van der Waals surface area contributed by atoms with E-state index in [-0.39, 0.29) is 12.4 Å². The predicted octanol–water partition coefficient (Wildman–Crippen LogP) is 0.530. The van der Waals surface area contributed by atoms with Gasteiger partial charge in [0, 0.05) is 25.3 Å². The number of nitrogens with zero attached hydrogens (tertiary/aromatic N) is 2. The number of hydrogen-bond donors (Lipinski definition) is 2. The lowest BCUT2D eigenvalue weighted by Crippen LogP contribution is -2.40. The van der Waals surface area contributed by atoms with E-state index in [4.69, 9.17) is 11.5 Å². The molecule has 1 aliphatic rings. The quantitative estimate of drug-likeness (QED) is 0.808. The van der Waals surface area contributed by atoms with E-state index in [1.54, 1.807) is 6.07 Å². The number of pyridine rings is 1. The van der Waals surface area contributed by atoms with Crippen molar-refractivity contribution >= 4 is 24.1 Å². The van der Waals surface area contributed by atoms with Crippen LogP contribution in [0, 0.1) is 0 Å². The molecule has 1 aromatic heterocycles. The Labute approximate surface area is 107 Å².